The number of rotatable bonds is 7. The van der Waals surface area contributed by atoms with E-state index in [1.54, 1.807) is 11.3 Å². The number of nitrogens with two attached hydrogens (primary N) is 1. The number of aryl methyl sites for hydroxylation is 1. The summed E-state index contributed by atoms with van der Waals surface area (Å²) in [4.78, 5) is 29.3. The smallest absolute Gasteiger partial charge is 0.253 e. The van der Waals surface area contributed by atoms with Crippen LogP contribution in [0.4, 0.5) is 5.13 Å². The average Bonchev–Trinajstić information content (AvgIpc) is 3.46. The third-order valence-electron chi connectivity index (χ3n) is 7.12. The molecule has 1 aliphatic heterocycles. The standard InChI is InChI=1S/C25H34N6OS.ClH/c1-2-9-30(20-4-6-22-23(17-20)33-25(26)28-22)13-10-29-11-14-31(15-12-29)24(32)19-3-5-21-18(16-19)7-8-27-21;/h3,5,7-8,16,20,27H,2,4,6,9-15,17H2,1H3,(H2,26,28);1H/t20-;/m0./s1. The Kier molecular flexibility index (Phi) is 8.14. The molecule has 0 radical (unpaired) electrons. The normalized spacial score (nSPS) is 18.8. The quantitative estimate of drug-likeness (QED) is 0.515. The number of piperazine rings is 1. The first-order valence-electron chi connectivity index (χ1n) is 12.2. The molecule has 3 aromatic rings. The minimum atomic E-state index is 0. The lowest BCUT2D eigenvalue weighted by Gasteiger charge is -2.38. The van der Waals surface area contributed by atoms with Gasteiger partial charge in [-0.15, -0.1) is 23.7 Å². The molecule has 1 saturated heterocycles. The predicted octanol–water partition coefficient (Wildman–Crippen LogP) is 3.66. The molecule has 0 saturated carbocycles. The van der Waals surface area contributed by atoms with Crippen LogP contribution in [-0.2, 0) is 12.8 Å². The lowest BCUT2D eigenvalue weighted by atomic mass is 9.96. The number of halogens is 1. The van der Waals surface area contributed by atoms with Gasteiger partial charge in [0, 0.05) is 72.9 Å². The van der Waals surface area contributed by atoms with Crippen LogP contribution in [0.3, 0.4) is 0 Å². The van der Waals surface area contributed by atoms with Crippen LogP contribution < -0.4 is 5.73 Å². The summed E-state index contributed by atoms with van der Waals surface area (Å²) in [6.07, 6.45) is 6.38. The van der Waals surface area contributed by atoms with Gasteiger partial charge in [0.15, 0.2) is 5.13 Å². The summed E-state index contributed by atoms with van der Waals surface area (Å²) in [5.41, 5.74) is 9.02. The molecule has 184 valence electrons. The van der Waals surface area contributed by atoms with Crippen molar-refractivity contribution < 1.29 is 4.79 Å². The van der Waals surface area contributed by atoms with Crippen molar-refractivity contribution in [3.8, 4) is 0 Å². The summed E-state index contributed by atoms with van der Waals surface area (Å²) < 4.78 is 0. The van der Waals surface area contributed by atoms with Gasteiger partial charge in [-0.2, -0.15) is 0 Å². The number of nitrogen functional groups attached to an aromatic ring is 1. The van der Waals surface area contributed by atoms with Crippen molar-refractivity contribution in [3.63, 3.8) is 0 Å². The molecule has 2 aromatic heterocycles. The Bertz CT molecular complexity index is 1110. The van der Waals surface area contributed by atoms with Crippen LogP contribution in [0.15, 0.2) is 30.5 Å². The highest BCUT2D eigenvalue weighted by atomic mass is 35.5. The molecule has 0 bridgehead atoms. The van der Waals surface area contributed by atoms with E-state index in [0.29, 0.717) is 11.2 Å². The van der Waals surface area contributed by atoms with Gasteiger partial charge in [-0.05, 0) is 56.5 Å². The van der Waals surface area contributed by atoms with Crippen LogP contribution in [0.5, 0.6) is 0 Å². The zero-order valence-corrected chi connectivity index (χ0v) is 21.5. The number of anilines is 1. The Hall–Kier alpha value is -2.13. The minimum absolute atomic E-state index is 0. The zero-order valence-electron chi connectivity index (χ0n) is 19.8. The van der Waals surface area contributed by atoms with Crippen LogP contribution in [0, 0.1) is 0 Å². The van der Waals surface area contributed by atoms with E-state index >= 15 is 0 Å². The van der Waals surface area contributed by atoms with Crippen molar-refractivity contribution in [2.75, 3.05) is 51.5 Å². The number of nitrogens with zero attached hydrogens (tertiary/aromatic N) is 4. The van der Waals surface area contributed by atoms with Crippen LogP contribution >= 0.6 is 23.7 Å². The molecular weight excluding hydrogens is 468 g/mol. The Morgan fingerprint density at radius 2 is 2.06 bits per heavy atom. The van der Waals surface area contributed by atoms with Gasteiger partial charge in [0.25, 0.3) is 5.91 Å². The van der Waals surface area contributed by atoms with Gasteiger partial charge in [-0.25, -0.2) is 4.98 Å². The minimum Gasteiger partial charge on any atom is -0.375 e. The summed E-state index contributed by atoms with van der Waals surface area (Å²) in [5.74, 6) is 0.146. The van der Waals surface area contributed by atoms with Gasteiger partial charge < -0.3 is 15.6 Å². The third kappa shape index (κ3) is 5.40. The average molecular weight is 503 g/mol. The summed E-state index contributed by atoms with van der Waals surface area (Å²) in [7, 11) is 0. The monoisotopic (exact) mass is 502 g/mol. The lowest BCUT2D eigenvalue weighted by molar-refractivity contribution is 0.0609. The van der Waals surface area contributed by atoms with Crippen molar-refractivity contribution >= 4 is 45.7 Å². The second kappa shape index (κ2) is 11.1. The zero-order chi connectivity index (χ0) is 22.8. The summed E-state index contributed by atoms with van der Waals surface area (Å²) in [6.45, 7) is 9.02. The fourth-order valence-corrected chi connectivity index (χ4v) is 6.22. The Morgan fingerprint density at radius 1 is 1.24 bits per heavy atom. The summed E-state index contributed by atoms with van der Waals surface area (Å²) in [5, 5.41) is 1.80. The van der Waals surface area contributed by atoms with E-state index in [1.165, 1.54) is 23.4 Å². The van der Waals surface area contributed by atoms with Gasteiger partial charge in [0.05, 0.1) is 5.69 Å². The molecule has 0 unspecified atom stereocenters. The molecule has 7 nitrogen and oxygen atoms in total. The van der Waals surface area contributed by atoms with E-state index < -0.39 is 0 Å². The maximum absolute atomic E-state index is 13.0. The van der Waals surface area contributed by atoms with Crippen molar-refractivity contribution in [3.05, 3.63) is 46.6 Å². The van der Waals surface area contributed by atoms with Crippen molar-refractivity contribution in [1.82, 2.24) is 24.7 Å². The van der Waals surface area contributed by atoms with E-state index in [1.807, 2.05) is 35.4 Å². The maximum atomic E-state index is 13.0. The third-order valence-corrected chi connectivity index (χ3v) is 8.07. The number of thiazole rings is 1. The largest absolute Gasteiger partial charge is 0.375 e. The number of aromatic nitrogens is 2. The number of fused-ring (bicyclic) bond motifs is 2. The molecule has 3 heterocycles. The maximum Gasteiger partial charge on any atom is 0.253 e. The van der Waals surface area contributed by atoms with Crippen LogP contribution in [0.2, 0.25) is 0 Å². The molecular formula is C25H35ClN6OS. The van der Waals surface area contributed by atoms with Crippen molar-refractivity contribution in [2.24, 2.45) is 0 Å². The first-order valence-corrected chi connectivity index (χ1v) is 13.0. The fraction of sp³-hybridized carbons (Fsp3) is 0.520. The van der Waals surface area contributed by atoms with E-state index in [9.17, 15) is 4.79 Å². The predicted molar refractivity (Wildman–Crippen MR) is 142 cm³/mol. The van der Waals surface area contributed by atoms with Gasteiger partial charge in [0.1, 0.15) is 0 Å². The second-order valence-corrected chi connectivity index (χ2v) is 10.4. The molecule has 1 fully saturated rings. The number of H-pyrrole nitrogens is 1. The number of nitrogens with one attached hydrogen (secondary N) is 1. The lowest BCUT2D eigenvalue weighted by Crippen LogP contribution is -2.51. The molecule has 1 amide bonds. The Morgan fingerprint density at radius 3 is 2.85 bits per heavy atom. The van der Waals surface area contributed by atoms with Gasteiger partial charge in [0.2, 0.25) is 0 Å². The Balaban J connectivity index is 0.00000274. The fourth-order valence-electron chi connectivity index (χ4n) is 5.27. The number of aromatic amines is 1. The van der Waals surface area contributed by atoms with Crippen LogP contribution in [-0.4, -0.2) is 82.4 Å². The number of hydrogen-bond donors (Lipinski definition) is 2. The first kappa shape index (κ1) is 25.0. The first-order chi connectivity index (χ1) is 16.1. The van der Waals surface area contributed by atoms with Crippen molar-refractivity contribution in [2.45, 2.75) is 38.6 Å². The summed E-state index contributed by atoms with van der Waals surface area (Å²) >= 11 is 1.67. The van der Waals surface area contributed by atoms with Crippen molar-refractivity contribution in [1.29, 1.82) is 0 Å². The van der Waals surface area contributed by atoms with E-state index in [0.717, 1.165) is 75.1 Å². The molecule has 1 aliphatic carbocycles. The molecule has 34 heavy (non-hydrogen) atoms. The number of carbonyl (C=O) groups is 1. The van der Waals surface area contributed by atoms with Crippen LogP contribution in [0.1, 0.15) is 40.7 Å². The number of hydrogen-bond acceptors (Lipinski definition) is 6. The van der Waals surface area contributed by atoms with E-state index in [4.69, 9.17) is 5.73 Å². The SMILES string of the molecule is CCCN(CCN1CCN(C(=O)c2ccc3[nH]ccc3c2)CC1)[C@H]1CCc2nc(N)sc2C1.Cl. The highest BCUT2D eigenvalue weighted by Gasteiger charge is 2.28. The molecule has 2 aliphatic rings. The highest BCUT2D eigenvalue weighted by molar-refractivity contribution is 7.15. The van der Waals surface area contributed by atoms with Gasteiger partial charge in [-0.3, -0.25) is 14.6 Å². The second-order valence-electron chi connectivity index (χ2n) is 9.27. The van der Waals surface area contributed by atoms with Gasteiger partial charge >= 0.3 is 0 Å². The van der Waals surface area contributed by atoms with Gasteiger partial charge in [-0.1, -0.05) is 6.92 Å². The number of amides is 1. The topological polar surface area (TPSA) is 81.5 Å². The molecule has 9 heteroatoms. The summed E-state index contributed by atoms with van der Waals surface area (Å²) in [6, 6.07) is 8.53. The Labute approximate surface area is 211 Å². The highest BCUT2D eigenvalue weighted by Crippen LogP contribution is 2.30. The molecule has 1 aromatic carbocycles. The molecule has 0 spiro atoms. The van der Waals surface area contributed by atoms with E-state index in [2.05, 4.69) is 26.7 Å². The molecule has 1 atom stereocenters. The number of benzene rings is 1. The molecule has 3 N–H and O–H groups in total. The molecule has 5 rings (SSSR count). The van der Waals surface area contributed by atoms with E-state index in [-0.39, 0.29) is 18.3 Å². The number of carbonyl (C=O) groups excluding carboxylic acids is 1. The van der Waals surface area contributed by atoms with Crippen LogP contribution in [0.25, 0.3) is 10.9 Å².